The second kappa shape index (κ2) is 9.04. The third-order valence-corrected chi connectivity index (χ3v) is 3.67. The van der Waals surface area contributed by atoms with Gasteiger partial charge in [-0.2, -0.15) is 0 Å². The quantitative estimate of drug-likeness (QED) is 0.368. The first-order valence-electron chi connectivity index (χ1n) is 7.74. The highest BCUT2D eigenvalue weighted by Gasteiger charge is 2.23. The number of hydrogen-bond donors (Lipinski definition) is 0. The summed E-state index contributed by atoms with van der Waals surface area (Å²) in [7, 11) is 0. The normalized spacial score (nSPS) is 14.6. The molecule has 0 aliphatic rings. The van der Waals surface area contributed by atoms with Crippen LogP contribution in [0.2, 0.25) is 0 Å². The van der Waals surface area contributed by atoms with Crippen molar-refractivity contribution >= 4 is 12.0 Å². The van der Waals surface area contributed by atoms with E-state index in [1.807, 2.05) is 37.3 Å². The lowest BCUT2D eigenvalue weighted by atomic mass is 9.99. The minimum Gasteiger partial charge on any atom is -0.452 e. The lowest BCUT2D eigenvalue weighted by Crippen LogP contribution is -2.28. The Kier molecular flexibility index (Phi) is 7.38. The molecule has 0 aliphatic heterocycles. The first-order valence-corrected chi connectivity index (χ1v) is 7.74. The minimum atomic E-state index is -0.636. The second-order valence-electron chi connectivity index (χ2n) is 5.62. The Morgan fingerprint density at radius 3 is 2.59 bits per heavy atom. The van der Waals surface area contributed by atoms with Gasteiger partial charge in [0.2, 0.25) is 0 Å². The number of rotatable bonds is 8. The standard InChI is InChI=1S/C20H26O2/c1-5-17(3)11-10-16-20(4,6-2)22-19(21)15-14-18-12-8-7-9-13-18/h6-9,11-15H,2,5,10,16H2,1,3-4H3/b15-14+,17-11-. The van der Waals surface area contributed by atoms with E-state index >= 15 is 0 Å². The van der Waals surface area contributed by atoms with Crippen molar-refractivity contribution in [1.29, 1.82) is 0 Å². The molecule has 22 heavy (non-hydrogen) atoms. The van der Waals surface area contributed by atoms with Gasteiger partial charge in [0.1, 0.15) is 5.60 Å². The zero-order valence-electron chi connectivity index (χ0n) is 13.8. The Morgan fingerprint density at radius 1 is 1.32 bits per heavy atom. The number of allylic oxidation sites excluding steroid dienone is 2. The molecular weight excluding hydrogens is 272 g/mol. The molecular formula is C20H26O2. The molecule has 1 aromatic carbocycles. The van der Waals surface area contributed by atoms with Crippen LogP contribution in [0.3, 0.4) is 0 Å². The number of carbonyl (C=O) groups excluding carboxylic acids is 1. The summed E-state index contributed by atoms with van der Waals surface area (Å²) < 4.78 is 5.55. The van der Waals surface area contributed by atoms with E-state index in [-0.39, 0.29) is 5.97 Å². The van der Waals surface area contributed by atoms with E-state index < -0.39 is 5.60 Å². The molecule has 118 valence electrons. The molecule has 0 fully saturated rings. The van der Waals surface area contributed by atoms with Crippen LogP contribution >= 0.6 is 0 Å². The summed E-state index contributed by atoms with van der Waals surface area (Å²) in [6, 6.07) is 9.68. The summed E-state index contributed by atoms with van der Waals surface area (Å²) in [5, 5.41) is 0. The van der Waals surface area contributed by atoms with Gasteiger partial charge in [0.15, 0.2) is 0 Å². The molecule has 0 spiro atoms. The molecule has 0 heterocycles. The largest absolute Gasteiger partial charge is 0.452 e. The van der Waals surface area contributed by atoms with Crippen molar-refractivity contribution in [3.8, 4) is 0 Å². The Labute approximate surface area is 134 Å². The molecule has 0 N–H and O–H groups in total. The Hall–Kier alpha value is -2.09. The third-order valence-electron chi connectivity index (χ3n) is 3.67. The van der Waals surface area contributed by atoms with E-state index in [0.717, 1.165) is 24.8 Å². The molecule has 1 aromatic rings. The van der Waals surface area contributed by atoms with Crippen molar-refractivity contribution in [2.45, 2.75) is 45.6 Å². The molecule has 1 atom stereocenters. The number of benzene rings is 1. The Morgan fingerprint density at radius 2 is 2.00 bits per heavy atom. The maximum Gasteiger partial charge on any atom is 0.331 e. The van der Waals surface area contributed by atoms with E-state index in [4.69, 9.17) is 4.74 Å². The van der Waals surface area contributed by atoms with Gasteiger partial charge in [0.25, 0.3) is 0 Å². The summed E-state index contributed by atoms with van der Waals surface area (Å²) in [6.07, 6.45) is 9.77. The molecule has 0 aromatic heterocycles. The molecule has 2 nitrogen and oxygen atoms in total. The van der Waals surface area contributed by atoms with Gasteiger partial charge >= 0.3 is 5.97 Å². The number of esters is 1. The Bertz CT molecular complexity index is 540. The van der Waals surface area contributed by atoms with Gasteiger partial charge in [0, 0.05) is 6.08 Å². The predicted molar refractivity (Wildman–Crippen MR) is 93.5 cm³/mol. The van der Waals surface area contributed by atoms with Crippen LogP contribution in [-0.2, 0) is 9.53 Å². The van der Waals surface area contributed by atoms with Crippen molar-refractivity contribution in [2.24, 2.45) is 0 Å². The fourth-order valence-electron chi connectivity index (χ4n) is 1.94. The number of hydrogen-bond acceptors (Lipinski definition) is 2. The van der Waals surface area contributed by atoms with Crippen LogP contribution in [0, 0.1) is 0 Å². The molecule has 1 rings (SSSR count). The molecule has 0 amide bonds. The second-order valence-corrected chi connectivity index (χ2v) is 5.62. The summed E-state index contributed by atoms with van der Waals surface area (Å²) in [5.74, 6) is -0.345. The number of carbonyl (C=O) groups is 1. The van der Waals surface area contributed by atoms with E-state index in [1.54, 1.807) is 12.2 Å². The van der Waals surface area contributed by atoms with E-state index in [2.05, 4.69) is 26.5 Å². The summed E-state index contributed by atoms with van der Waals surface area (Å²) >= 11 is 0. The molecule has 2 heteroatoms. The highest BCUT2D eigenvalue weighted by molar-refractivity contribution is 5.87. The van der Waals surface area contributed by atoms with Crippen LogP contribution in [0.4, 0.5) is 0 Å². The Balaban J connectivity index is 2.58. The fraction of sp³-hybridized carbons (Fsp3) is 0.350. The smallest absolute Gasteiger partial charge is 0.331 e. The maximum absolute atomic E-state index is 12.0. The van der Waals surface area contributed by atoms with Crippen LogP contribution in [0.5, 0.6) is 0 Å². The van der Waals surface area contributed by atoms with Crippen LogP contribution < -0.4 is 0 Å². The topological polar surface area (TPSA) is 26.3 Å². The van der Waals surface area contributed by atoms with Crippen molar-refractivity contribution in [2.75, 3.05) is 0 Å². The van der Waals surface area contributed by atoms with Gasteiger partial charge in [-0.05, 0) is 50.8 Å². The summed E-state index contributed by atoms with van der Waals surface area (Å²) in [5.41, 5.74) is 1.69. The minimum absolute atomic E-state index is 0.345. The first-order chi connectivity index (χ1) is 10.5. The fourth-order valence-corrected chi connectivity index (χ4v) is 1.94. The molecule has 0 saturated carbocycles. The SMILES string of the molecule is C=CC(C)(CC/C=C(/C)CC)OC(=O)/C=C/c1ccccc1. The predicted octanol–water partition coefficient (Wildman–Crippen LogP) is 5.32. The van der Waals surface area contributed by atoms with Crippen molar-refractivity contribution < 1.29 is 9.53 Å². The molecule has 0 aliphatic carbocycles. The van der Waals surface area contributed by atoms with Crippen LogP contribution in [-0.4, -0.2) is 11.6 Å². The number of ether oxygens (including phenoxy) is 1. The van der Waals surface area contributed by atoms with E-state index in [9.17, 15) is 4.79 Å². The summed E-state index contributed by atoms with van der Waals surface area (Å²) in [6.45, 7) is 9.94. The van der Waals surface area contributed by atoms with Gasteiger partial charge in [-0.15, -0.1) is 0 Å². The van der Waals surface area contributed by atoms with Crippen molar-refractivity contribution in [1.82, 2.24) is 0 Å². The highest BCUT2D eigenvalue weighted by Crippen LogP contribution is 2.21. The summed E-state index contributed by atoms with van der Waals surface area (Å²) in [4.78, 5) is 12.0. The molecule has 0 saturated heterocycles. The molecule has 0 radical (unpaired) electrons. The zero-order chi connectivity index (χ0) is 16.4. The van der Waals surface area contributed by atoms with Crippen LogP contribution in [0.25, 0.3) is 6.08 Å². The van der Waals surface area contributed by atoms with Crippen LogP contribution in [0.15, 0.2) is 60.7 Å². The lowest BCUT2D eigenvalue weighted by Gasteiger charge is -2.25. The van der Waals surface area contributed by atoms with Crippen LogP contribution in [0.1, 0.15) is 45.6 Å². The van der Waals surface area contributed by atoms with E-state index in [1.165, 1.54) is 11.6 Å². The molecule has 1 unspecified atom stereocenters. The monoisotopic (exact) mass is 298 g/mol. The van der Waals surface area contributed by atoms with E-state index in [0.29, 0.717) is 0 Å². The lowest BCUT2D eigenvalue weighted by molar-refractivity contribution is -0.147. The maximum atomic E-state index is 12.0. The zero-order valence-corrected chi connectivity index (χ0v) is 13.8. The van der Waals surface area contributed by atoms with Gasteiger partial charge < -0.3 is 4.74 Å². The average molecular weight is 298 g/mol. The highest BCUT2D eigenvalue weighted by atomic mass is 16.6. The third kappa shape index (κ3) is 6.57. The van der Waals surface area contributed by atoms with Gasteiger partial charge in [0.05, 0.1) is 0 Å². The van der Waals surface area contributed by atoms with Gasteiger partial charge in [-0.25, -0.2) is 4.79 Å². The van der Waals surface area contributed by atoms with Crippen molar-refractivity contribution in [3.05, 3.63) is 66.3 Å². The molecule has 0 bridgehead atoms. The first kappa shape index (κ1) is 18.0. The van der Waals surface area contributed by atoms with Gasteiger partial charge in [-0.1, -0.05) is 55.5 Å². The van der Waals surface area contributed by atoms with Gasteiger partial charge in [-0.3, -0.25) is 0 Å². The average Bonchev–Trinajstić information content (AvgIpc) is 2.53. The van der Waals surface area contributed by atoms with Crippen molar-refractivity contribution in [3.63, 3.8) is 0 Å².